The Bertz CT molecular complexity index is 726. The average Bonchev–Trinajstić information content (AvgIpc) is 2.38. The van der Waals surface area contributed by atoms with Gasteiger partial charge in [-0.1, -0.05) is 11.6 Å². The number of amides is 1. The maximum absolute atomic E-state index is 13.4. The molecule has 0 aliphatic carbocycles. The zero-order chi connectivity index (χ0) is 14.7. The fourth-order valence-electron chi connectivity index (χ4n) is 1.56. The lowest BCUT2D eigenvalue weighted by atomic mass is 10.1. The minimum Gasteiger partial charge on any atom is -0.322 e. The Labute approximate surface area is 118 Å². The van der Waals surface area contributed by atoms with Gasteiger partial charge < -0.3 is 5.32 Å². The Morgan fingerprint density at radius 3 is 2.55 bits per heavy atom. The molecule has 0 spiro atoms. The van der Waals surface area contributed by atoms with Crippen molar-refractivity contribution in [2.45, 2.75) is 0 Å². The molecule has 0 aliphatic heterocycles. The van der Waals surface area contributed by atoms with Gasteiger partial charge in [0, 0.05) is 11.8 Å². The molecule has 6 heteroatoms. The van der Waals surface area contributed by atoms with Crippen LogP contribution in [0.2, 0.25) is 5.02 Å². The zero-order valence-corrected chi connectivity index (χ0v) is 10.7. The van der Waals surface area contributed by atoms with Crippen LogP contribution in [0.5, 0.6) is 0 Å². The molecule has 0 atom stereocenters. The van der Waals surface area contributed by atoms with Crippen molar-refractivity contribution in [2.75, 3.05) is 5.32 Å². The monoisotopic (exact) mass is 292 g/mol. The molecule has 2 rings (SSSR count). The van der Waals surface area contributed by atoms with Gasteiger partial charge >= 0.3 is 0 Å². The van der Waals surface area contributed by atoms with Gasteiger partial charge in [0.15, 0.2) is 0 Å². The normalized spacial score (nSPS) is 9.90. The van der Waals surface area contributed by atoms with Crippen LogP contribution in [0.25, 0.3) is 0 Å². The van der Waals surface area contributed by atoms with Gasteiger partial charge in [0.25, 0.3) is 5.91 Å². The topological polar surface area (TPSA) is 52.9 Å². The summed E-state index contributed by atoms with van der Waals surface area (Å²) in [5.41, 5.74) is 0.284. The fourth-order valence-corrected chi connectivity index (χ4v) is 1.78. The minimum absolute atomic E-state index is 0.171. The van der Waals surface area contributed by atoms with E-state index < -0.39 is 17.5 Å². The van der Waals surface area contributed by atoms with Crippen molar-refractivity contribution in [3.63, 3.8) is 0 Å². The van der Waals surface area contributed by atoms with Gasteiger partial charge in [-0.05, 0) is 30.3 Å². The van der Waals surface area contributed by atoms with E-state index in [1.54, 1.807) is 0 Å². The summed E-state index contributed by atoms with van der Waals surface area (Å²) in [5, 5.41) is 11.3. The molecule has 0 aromatic heterocycles. The lowest BCUT2D eigenvalue weighted by Crippen LogP contribution is -2.14. The maximum Gasteiger partial charge on any atom is 0.258 e. The van der Waals surface area contributed by atoms with E-state index in [2.05, 4.69) is 5.32 Å². The van der Waals surface area contributed by atoms with Gasteiger partial charge in [-0.3, -0.25) is 4.79 Å². The van der Waals surface area contributed by atoms with Crippen molar-refractivity contribution >= 4 is 23.2 Å². The summed E-state index contributed by atoms with van der Waals surface area (Å²) in [5.74, 6) is -2.45. The van der Waals surface area contributed by atoms with E-state index in [1.807, 2.05) is 6.07 Å². The second-order valence-electron chi connectivity index (χ2n) is 3.88. The van der Waals surface area contributed by atoms with Crippen molar-refractivity contribution in [3.05, 3.63) is 64.2 Å². The van der Waals surface area contributed by atoms with Gasteiger partial charge in [0.05, 0.1) is 16.1 Å². The third-order valence-electron chi connectivity index (χ3n) is 2.52. The molecular formula is C14H7ClF2N2O. The largest absolute Gasteiger partial charge is 0.322 e. The second-order valence-corrected chi connectivity index (χ2v) is 4.29. The number of rotatable bonds is 2. The number of nitriles is 1. The quantitative estimate of drug-likeness (QED) is 0.916. The van der Waals surface area contributed by atoms with Crippen molar-refractivity contribution in [1.29, 1.82) is 5.26 Å². The van der Waals surface area contributed by atoms with Crippen LogP contribution >= 0.6 is 11.6 Å². The van der Waals surface area contributed by atoms with Crippen LogP contribution in [0.1, 0.15) is 15.9 Å². The molecule has 20 heavy (non-hydrogen) atoms. The highest BCUT2D eigenvalue weighted by Crippen LogP contribution is 2.21. The SMILES string of the molecule is N#Cc1ccc(NC(=O)c2ccc(F)cc2F)cc1Cl. The molecule has 0 aliphatic rings. The van der Waals surface area contributed by atoms with Crippen LogP contribution in [0, 0.1) is 23.0 Å². The third-order valence-corrected chi connectivity index (χ3v) is 2.84. The number of nitrogens with one attached hydrogen (secondary N) is 1. The lowest BCUT2D eigenvalue weighted by Gasteiger charge is -2.07. The van der Waals surface area contributed by atoms with Crippen molar-refractivity contribution < 1.29 is 13.6 Å². The van der Waals surface area contributed by atoms with Crippen molar-refractivity contribution in [1.82, 2.24) is 0 Å². The first-order valence-electron chi connectivity index (χ1n) is 5.47. The second kappa shape index (κ2) is 5.68. The Morgan fingerprint density at radius 1 is 1.20 bits per heavy atom. The van der Waals surface area contributed by atoms with E-state index in [9.17, 15) is 13.6 Å². The lowest BCUT2D eigenvalue weighted by molar-refractivity contribution is 0.102. The number of benzene rings is 2. The van der Waals surface area contributed by atoms with Gasteiger partial charge in [0.2, 0.25) is 0 Å². The first-order valence-corrected chi connectivity index (χ1v) is 5.85. The third kappa shape index (κ3) is 2.92. The van der Waals surface area contributed by atoms with Gasteiger partial charge in [0.1, 0.15) is 17.7 Å². The molecule has 0 unspecified atom stereocenters. The van der Waals surface area contributed by atoms with E-state index in [-0.39, 0.29) is 16.1 Å². The Balaban J connectivity index is 2.24. The highest BCUT2D eigenvalue weighted by Gasteiger charge is 2.13. The first kappa shape index (κ1) is 14.0. The number of hydrogen-bond acceptors (Lipinski definition) is 2. The molecule has 0 saturated carbocycles. The molecule has 1 N–H and O–H groups in total. The van der Waals surface area contributed by atoms with Crippen molar-refractivity contribution in [2.24, 2.45) is 0 Å². The van der Waals surface area contributed by atoms with Crippen LogP contribution in [-0.2, 0) is 0 Å². The van der Waals surface area contributed by atoms with Crippen LogP contribution in [-0.4, -0.2) is 5.91 Å². The molecule has 0 bridgehead atoms. The molecule has 2 aromatic carbocycles. The summed E-state index contributed by atoms with van der Waals surface area (Å²) in [6, 6.07) is 8.80. The molecular weight excluding hydrogens is 286 g/mol. The molecule has 3 nitrogen and oxygen atoms in total. The zero-order valence-electron chi connectivity index (χ0n) is 9.95. The van der Waals surface area contributed by atoms with Crippen molar-refractivity contribution in [3.8, 4) is 6.07 Å². The van der Waals surface area contributed by atoms with Crippen LogP contribution < -0.4 is 5.32 Å². The van der Waals surface area contributed by atoms with Gasteiger partial charge in [-0.25, -0.2) is 8.78 Å². The number of anilines is 1. The number of hydrogen-bond donors (Lipinski definition) is 1. The predicted octanol–water partition coefficient (Wildman–Crippen LogP) is 3.74. The van der Waals surface area contributed by atoms with E-state index in [0.29, 0.717) is 11.8 Å². The highest BCUT2D eigenvalue weighted by molar-refractivity contribution is 6.32. The standard InChI is InChI=1S/C14H7ClF2N2O/c15-12-6-10(3-1-8(12)7-18)19-14(20)11-4-2-9(16)5-13(11)17/h1-6H,(H,19,20). The van der Waals surface area contributed by atoms with Gasteiger partial charge in [-0.15, -0.1) is 0 Å². The summed E-state index contributed by atoms with van der Waals surface area (Å²) < 4.78 is 26.2. The summed E-state index contributed by atoms with van der Waals surface area (Å²) in [4.78, 5) is 11.8. The molecule has 2 aromatic rings. The summed E-state index contributed by atoms with van der Waals surface area (Å²) in [7, 11) is 0. The number of nitrogens with zero attached hydrogens (tertiary/aromatic N) is 1. The summed E-state index contributed by atoms with van der Waals surface area (Å²) in [6.45, 7) is 0. The number of carbonyl (C=O) groups is 1. The van der Waals surface area contributed by atoms with E-state index >= 15 is 0 Å². The maximum atomic E-state index is 13.4. The van der Waals surface area contributed by atoms with E-state index in [0.717, 1.165) is 12.1 Å². The molecule has 0 fully saturated rings. The predicted molar refractivity (Wildman–Crippen MR) is 70.5 cm³/mol. The summed E-state index contributed by atoms with van der Waals surface area (Å²) >= 11 is 5.81. The number of halogens is 3. The highest BCUT2D eigenvalue weighted by atomic mass is 35.5. The minimum atomic E-state index is -0.956. The molecule has 1 amide bonds. The molecule has 0 heterocycles. The number of carbonyl (C=O) groups excluding carboxylic acids is 1. The van der Waals surface area contributed by atoms with Gasteiger partial charge in [-0.2, -0.15) is 5.26 Å². The van der Waals surface area contributed by atoms with Crippen LogP contribution in [0.4, 0.5) is 14.5 Å². The Morgan fingerprint density at radius 2 is 1.95 bits per heavy atom. The molecule has 100 valence electrons. The average molecular weight is 293 g/mol. The molecule has 0 radical (unpaired) electrons. The Kier molecular flexibility index (Phi) is 3.97. The molecule has 0 saturated heterocycles. The smallest absolute Gasteiger partial charge is 0.258 e. The summed E-state index contributed by atoms with van der Waals surface area (Å²) in [6.07, 6.45) is 0. The fraction of sp³-hybridized carbons (Fsp3) is 0. The van der Waals surface area contributed by atoms with Crippen LogP contribution in [0.15, 0.2) is 36.4 Å². The van der Waals surface area contributed by atoms with Crippen LogP contribution in [0.3, 0.4) is 0 Å². The Hall–Kier alpha value is -2.45. The van der Waals surface area contributed by atoms with E-state index in [1.165, 1.54) is 18.2 Å². The van der Waals surface area contributed by atoms with E-state index in [4.69, 9.17) is 16.9 Å². The first-order chi connectivity index (χ1) is 9.51.